The quantitative estimate of drug-likeness (QED) is 0.706. The molecule has 0 radical (unpaired) electrons. The molecule has 0 aromatic heterocycles. The van der Waals surface area contributed by atoms with E-state index in [0.717, 1.165) is 5.75 Å². The minimum Gasteiger partial charge on any atom is -0.494 e. The number of benzene rings is 1. The van der Waals surface area contributed by atoms with E-state index in [1.165, 1.54) is 0 Å². The van der Waals surface area contributed by atoms with Crippen molar-refractivity contribution in [3.63, 3.8) is 0 Å². The van der Waals surface area contributed by atoms with E-state index >= 15 is 0 Å². The topological polar surface area (TPSA) is 49.8 Å². The summed E-state index contributed by atoms with van der Waals surface area (Å²) in [7, 11) is 0. The van der Waals surface area contributed by atoms with Crippen LogP contribution in [0.4, 0.5) is 0 Å². The Morgan fingerprint density at radius 3 is 2.55 bits per heavy atom. The first kappa shape index (κ1) is 16.5. The first-order chi connectivity index (χ1) is 9.65. The molecule has 0 unspecified atom stereocenters. The van der Waals surface area contributed by atoms with E-state index in [-0.39, 0.29) is 18.6 Å². The van der Waals surface area contributed by atoms with Crippen molar-refractivity contribution in [1.29, 1.82) is 0 Å². The molecule has 0 atom stereocenters. The van der Waals surface area contributed by atoms with Crippen LogP contribution >= 0.6 is 0 Å². The summed E-state index contributed by atoms with van der Waals surface area (Å²) >= 11 is 0. The maximum atomic E-state index is 12.1. The highest BCUT2D eigenvalue weighted by Gasteiger charge is 2.15. The van der Waals surface area contributed by atoms with E-state index in [4.69, 9.17) is 9.84 Å². The molecule has 112 valence electrons. The Kier molecular flexibility index (Phi) is 7.73. The Morgan fingerprint density at radius 1 is 1.25 bits per heavy atom. The summed E-state index contributed by atoms with van der Waals surface area (Å²) in [4.78, 5) is 13.9. The van der Waals surface area contributed by atoms with Gasteiger partial charge in [0.05, 0.1) is 6.61 Å². The van der Waals surface area contributed by atoms with E-state index in [1.807, 2.05) is 49.1 Å². The third-order valence-corrected chi connectivity index (χ3v) is 3.05. The average molecular weight is 279 g/mol. The van der Waals surface area contributed by atoms with Gasteiger partial charge in [0, 0.05) is 25.6 Å². The fourth-order valence-electron chi connectivity index (χ4n) is 1.99. The van der Waals surface area contributed by atoms with Crippen molar-refractivity contribution in [2.75, 3.05) is 19.8 Å². The van der Waals surface area contributed by atoms with Crippen LogP contribution in [-0.2, 0) is 4.79 Å². The smallest absolute Gasteiger partial charge is 0.222 e. The SMILES string of the molecule is CC(C)N(CCCO)C(=O)CCCOc1ccccc1. The molecule has 0 fully saturated rings. The van der Waals surface area contributed by atoms with Gasteiger partial charge < -0.3 is 14.7 Å². The summed E-state index contributed by atoms with van der Waals surface area (Å²) in [5.41, 5.74) is 0. The number of rotatable bonds is 9. The van der Waals surface area contributed by atoms with Gasteiger partial charge in [-0.3, -0.25) is 4.79 Å². The lowest BCUT2D eigenvalue weighted by molar-refractivity contribution is -0.133. The van der Waals surface area contributed by atoms with Gasteiger partial charge in [-0.25, -0.2) is 0 Å². The molecule has 0 saturated carbocycles. The van der Waals surface area contributed by atoms with Crippen molar-refractivity contribution < 1.29 is 14.6 Å². The van der Waals surface area contributed by atoms with Crippen LogP contribution in [0.25, 0.3) is 0 Å². The number of aliphatic hydroxyl groups is 1. The molecule has 1 aromatic carbocycles. The Labute approximate surface area is 121 Å². The number of aliphatic hydroxyl groups excluding tert-OH is 1. The molecule has 4 heteroatoms. The molecule has 0 bridgehead atoms. The van der Waals surface area contributed by atoms with Crippen molar-refractivity contribution in [2.45, 2.75) is 39.2 Å². The first-order valence-electron chi connectivity index (χ1n) is 7.23. The minimum atomic E-state index is 0.119. The Morgan fingerprint density at radius 2 is 1.95 bits per heavy atom. The summed E-state index contributed by atoms with van der Waals surface area (Å²) in [5, 5.41) is 8.86. The fraction of sp³-hybridized carbons (Fsp3) is 0.562. The normalized spacial score (nSPS) is 10.6. The minimum absolute atomic E-state index is 0.119. The van der Waals surface area contributed by atoms with E-state index in [9.17, 15) is 4.79 Å². The zero-order valence-electron chi connectivity index (χ0n) is 12.4. The van der Waals surface area contributed by atoms with Crippen LogP contribution in [0.1, 0.15) is 33.1 Å². The van der Waals surface area contributed by atoms with E-state index in [0.29, 0.717) is 32.4 Å². The number of amides is 1. The number of carbonyl (C=O) groups is 1. The lowest BCUT2D eigenvalue weighted by Gasteiger charge is -2.26. The third-order valence-electron chi connectivity index (χ3n) is 3.05. The van der Waals surface area contributed by atoms with Gasteiger partial charge in [-0.2, -0.15) is 0 Å². The van der Waals surface area contributed by atoms with Gasteiger partial charge in [0.1, 0.15) is 5.75 Å². The molecule has 1 rings (SSSR count). The van der Waals surface area contributed by atoms with Gasteiger partial charge in [0.15, 0.2) is 0 Å². The molecule has 1 aromatic rings. The second-order valence-electron chi connectivity index (χ2n) is 5.02. The maximum Gasteiger partial charge on any atom is 0.222 e. The van der Waals surface area contributed by atoms with Crippen LogP contribution in [0.3, 0.4) is 0 Å². The van der Waals surface area contributed by atoms with Gasteiger partial charge in [0.2, 0.25) is 5.91 Å². The van der Waals surface area contributed by atoms with Gasteiger partial charge in [0.25, 0.3) is 0 Å². The van der Waals surface area contributed by atoms with Crippen LogP contribution in [0.5, 0.6) is 5.75 Å². The number of carbonyl (C=O) groups excluding carboxylic acids is 1. The summed E-state index contributed by atoms with van der Waals surface area (Å²) in [6, 6.07) is 9.78. The van der Waals surface area contributed by atoms with Gasteiger partial charge in [-0.1, -0.05) is 18.2 Å². The fourth-order valence-corrected chi connectivity index (χ4v) is 1.99. The summed E-state index contributed by atoms with van der Waals surface area (Å²) in [6.45, 7) is 5.27. The number of hydrogen-bond acceptors (Lipinski definition) is 3. The van der Waals surface area contributed by atoms with E-state index < -0.39 is 0 Å². The summed E-state index contributed by atoms with van der Waals surface area (Å²) in [5.74, 6) is 0.964. The highest BCUT2D eigenvalue weighted by Crippen LogP contribution is 2.10. The monoisotopic (exact) mass is 279 g/mol. The molecule has 0 aliphatic carbocycles. The highest BCUT2D eigenvalue weighted by molar-refractivity contribution is 5.76. The maximum absolute atomic E-state index is 12.1. The average Bonchev–Trinajstić information content (AvgIpc) is 2.45. The molecule has 1 N–H and O–H groups in total. The van der Waals surface area contributed by atoms with Gasteiger partial charge in [-0.15, -0.1) is 0 Å². The first-order valence-corrected chi connectivity index (χ1v) is 7.23. The second kappa shape index (κ2) is 9.37. The highest BCUT2D eigenvalue weighted by atomic mass is 16.5. The van der Waals surface area contributed by atoms with Crippen molar-refractivity contribution in [3.05, 3.63) is 30.3 Å². The third kappa shape index (κ3) is 6.06. The molecular weight excluding hydrogens is 254 g/mol. The van der Waals surface area contributed by atoms with Crippen LogP contribution < -0.4 is 4.74 Å². The standard InChI is InChI=1S/C16H25NO3/c1-14(2)17(11-7-12-18)16(19)10-6-13-20-15-8-4-3-5-9-15/h3-5,8-9,14,18H,6-7,10-13H2,1-2H3. The number of ether oxygens (including phenoxy) is 1. The lowest BCUT2D eigenvalue weighted by atomic mass is 10.2. The van der Waals surface area contributed by atoms with Crippen LogP contribution in [0.2, 0.25) is 0 Å². The summed E-state index contributed by atoms with van der Waals surface area (Å²) in [6.07, 6.45) is 1.82. The van der Waals surface area contributed by atoms with E-state index in [2.05, 4.69) is 0 Å². The van der Waals surface area contributed by atoms with Crippen molar-refractivity contribution in [1.82, 2.24) is 4.90 Å². The molecular formula is C16H25NO3. The van der Waals surface area contributed by atoms with Crippen molar-refractivity contribution in [3.8, 4) is 5.75 Å². The van der Waals surface area contributed by atoms with Crippen LogP contribution in [0, 0.1) is 0 Å². The summed E-state index contributed by atoms with van der Waals surface area (Å²) < 4.78 is 5.57. The zero-order chi connectivity index (χ0) is 14.8. The Bertz CT molecular complexity index is 379. The second-order valence-corrected chi connectivity index (χ2v) is 5.02. The van der Waals surface area contributed by atoms with Gasteiger partial charge >= 0.3 is 0 Å². The molecule has 0 heterocycles. The molecule has 0 saturated heterocycles. The zero-order valence-corrected chi connectivity index (χ0v) is 12.4. The lowest BCUT2D eigenvalue weighted by Crippen LogP contribution is -2.38. The van der Waals surface area contributed by atoms with Crippen molar-refractivity contribution in [2.24, 2.45) is 0 Å². The van der Waals surface area contributed by atoms with Crippen molar-refractivity contribution >= 4 is 5.91 Å². The molecule has 0 aliphatic rings. The predicted octanol–water partition coefficient (Wildman–Crippen LogP) is 2.47. The Hall–Kier alpha value is -1.55. The van der Waals surface area contributed by atoms with Crippen LogP contribution in [-0.4, -0.2) is 41.7 Å². The number of hydrogen-bond donors (Lipinski definition) is 1. The largest absolute Gasteiger partial charge is 0.494 e. The van der Waals surface area contributed by atoms with E-state index in [1.54, 1.807) is 0 Å². The molecule has 4 nitrogen and oxygen atoms in total. The number of para-hydroxylation sites is 1. The molecule has 0 aliphatic heterocycles. The molecule has 0 spiro atoms. The predicted molar refractivity (Wildman–Crippen MR) is 79.7 cm³/mol. The van der Waals surface area contributed by atoms with Gasteiger partial charge in [-0.05, 0) is 38.8 Å². The Balaban J connectivity index is 2.27. The molecule has 1 amide bonds. The molecule has 20 heavy (non-hydrogen) atoms. The number of nitrogens with zero attached hydrogens (tertiary/aromatic N) is 1. The van der Waals surface area contributed by atoms with Crippen LogP contribution in [0.15, 0.2) is 30.3 Å².